The Labute approximate surface area is 138 Å². The van der Waals surface area contributed by atoms with Crippen LogP contribution in [0.25, 0.3) is 0 Å². The van der Waals surface area contributed by atoms with Crippen LogP contribution in [-0.4, -0.2) is 44.0 Å². The highest BCUT2D eigenvalue weighted by Gasteiger charge is 2.26. The zero-order chi connectivity index (χ0) is 17.5. The van der Waals surface area contributed by atoms with Gasteiger partial charge in [0, 0.05) is 27.2 Å². The second-order valence-corrected chi connectivity index (χ2v) is 6.12. The maximum Gasteiger partial charge on any atom is 0.227 e. The first-order chi connectivity index (χ1) is 10.8. The smallest absolute Gasteiger partial charge is 0.227 e. The van der Waals surface area contributed by atoms with Crippen molar-refractivity contribution in [2.24, 2.45) is 10.4 Å². The third-order valence-electron chi connectivity index (χ3n) is 3.47. The van der Waals surface area contributed by atoms with Gasteiger partial charge in [-0.1, -0.05) is 12.1 Å². The van der Waals surface area contributed by atoms with Gasteiger partial charge in [0.1, 0.15) is 5.82 Å². The molecular formula is C17H27FN4O. The first-order valence-corrected chi connectivity index (χ1v) is 7.76. The van der Waals surface area contributed by atoms with Crippen molar-refractivity contribution in [1.82, 2.24) is 15.5 Å². The number of aliphatic imine (C=N–C) groups is 1. The number of rotatable bonds is 6. The minimum Gasteiger partial charge on any atom is -0.359 e. The number of hydrogen-bond donors (Lipinski definition) is 2. The standard InChI is InChI=1S/C17H27FN4O/c1-6-20-16(21-12-17(2,3)15(23)19-4)22(5)11-13-8-7-9-14(18)10-13/h7-10H,6,11-12H2,1-5H3,(H,19,23)(H,20,21). The molecule has 0 unspecified atom stereocenters. The average molecular weight is 322 g/mol. The van der Waals surface area contributed by atoms with E-state index in [1.807, 2.05) is 38.8 Å². The number of nitrogens with one attached hydrogen (secondary N) is 2. The third kappa shape index (κ3) is 5.88. The quantitative estimate of drug-likeness (QED) is 0.622. The van der Waals surface area contributed by atoms with Crippen molar-refractivity contribution >= 4 is 11.9 Å². The van der Waals surface area contributed by atoms with E-state index < -0.39 is 5.41 Å². The predicted octanol–water partition coefficient (Wildman–Crippen LogP) is 2.00. The van der Waals surface area contributed by atoms with Crippen LogP contribution in [-0.2, 0) is 11.3 Å². The summed E-state index contributed by atoms with van der Waals surface area (Å²) < 4.78 is 13.3. The fraction of sp³-hybridized carbons (Fsp3) is 0.529. The van der Waals surface area contributed by atoms with E-state index in [0.29, 0.717) is 25.6 Å². The van der Waals surface area contributed by atoms with Gasteiger partial charge in [0.25, 0.3) is 0 Å². The highest BCUT2D eigenvalue weighted by Crippen LogP contribution is 2.15. The number of hydrogen-bond acceptors (Lipinski definition) is 2. The lowest BCUT2D eigenvalue weighted by molar-refractivity contribution is -0.128. The minimum absolute atomic E-state index is 0.0510. The molecule has 0 aliphatic rings. The van der Waals surface area contributed by atoms with Crippen molar-refractivity contribution in [3.8, 4) is 0 Å². The van der Waals surface area contributed by atoms with Gasteiger partial charge < -0.3 is 15.5 Å². The molecule has 0 aliphatic carbocycles. The fourth-order valence-electron chi connectivity index (χ4n) is 2.14. The summed E-state index contributed by atoms with van der Waals surface area (Å²) in [6.45, 7) is 7.30. The number of benzene rings is 1. The Morgan fingerprint density at radius 2 is 2.09 bits per heavy atom. The van der Waals surface area contributed by atoms with E-state index in [-0.39, 0.29) is 11.7 Å². The molecule has 1 aromatic carbocycles. The van der Waals surface area contributed by atoms with Crippen LogP contribution < -0.4 is 10.6 Å². The Balaban J connectivity index is 2.83. The molecule has 1 amide bonds. The highest BCUT2D eigenvalue weighted by molar-refractivity contribution is 5.83. The number of carbonyl (C=O) groups excluding carboxylic acids is 1. The number of halogens is 1. The van der Waals surface area contributed by atoms with Crippen LogP contribution in [0, 0.1) is 11.2 Å². The summed E-state index contributed by atoms with van der Waals surface area (Å²) >= 11 is 0. The van der Waals surface area contributed by atoms with Crippen LogP contribution in [0.4, 0.5) is 4.39 Å². The topological polar surface area (TPSA) is 56.7 Å². The highest BCUT2D eigenvalue weighted by atomic mass is 19.1. The van der Waals surface area contributed by atoms with Crippen molar-refractivity contribution in [3.05, 3.63) is 35.6 Å². The maximum atomic E-state index is 13.3. The molecule has 0 spiro atoms. The number of amides is 1. The Morgan fingerprint density at radius 1 is 1.39 bits per heavy atom. The molecule has 2 N–H and O–H groups in total. The molecule has 0 aromatic heterocycles. The van der Waals surface area contributed by atoms with Crippen LogP contribution >= 0.6 is 0 Å². The van der Waals surface area contributed by atoms with Crippen LogP contribution in [0.3, 0.4) is 0 Å². The molecule has 128 valence electrons. The summed E-state index contributed by atoms with van der Waals surface area (Å²) in [5.74, 6) is 0.386. The lowest BCUT2D eigenvalue weighted by atomic mass is 9.93. The molecule has 0 saturated carbocycles. The average Bonchev–Trinajstić information content (AvgIpc) is 2.50. The van der Waals surface area contributed by atoms with Crippen molar-refractivity contribution in [2.75, 3.05) is 27.2 Å². The van der Waals surface area contributed by atoms with Gasteiger partial charge in [-0.25, -0.2) is 4.39 Å². The molecule has 1 aromatic rings. The first-order valence-electron chi connectivity index (χ1n) is 7.76. The number of nitrogens with zero attached hydrogens (tertiary/aromatic N) is 2. The molecule has 1 rings (SSSR count). The van der Waals surface area contributed by atoms with Crippen LogP contribution in [0.15, 0.2) is 29.3 Å². The van der Waals surface area contributed by atoms with E-state index in [4.69, 9.17) is 0 Å². The Hall–Kier alpha value is -2.11. The largest absolute Gasteiger partial charge is 0.359 e. The molecule has 6 heteroatoms. The summed E-state index contributed by atoms with van der Waals surface area (Å²) in [6, 6.07) is 6.50. The van der Waals surface area contributed by atoms with Gasteiger partial charge in [-0.3, -0.25) is 9.79 Å². The second kappa shape index (κ2) is 8.50. The Kier molecular flexibility index (Phi) is 7.00. The third-order valence-corrected chi connectivity index (χ3v) is 3.47. The van der Waals surface area contributed by atoms with E-state index in [1.165, 1.54) is 12.1 Å². The second-order valence-electron chi connectivity index (χ2n) is 6.12. The van der Waals surface area contributed by atoms with Crippen molar-refractivity contribution in [3.63, 3.8) is 0 Å². The number of carbonyl (C=O) groups is 1. The van der Waals surface area contributed by atoms with E-state index in [0.717, 1.165) is 5.56 Å². The molecule has 0 atom stereocenters. The molecule has 0 radical (unpaired) electrons. The van der Waals surface area contributed by atoms with E-state index in [9.17, 15) is 9.18 Å². The predicted molar refractivity (Wildman–Crippen MR) is 91.7 cm³/mol. The maximum absolute atomic E-state index is 13.3. The van der Waals surface area contributed by atoms with E-state index >= 15 is 0 Å². The zero-order valence-corrected chi connectivity index (χ0v) is 14.6. The summed E-state index contributed by atoms with van der Waals surface area (Å²) in [5, 5.41) is 5.85. The number of guanidine groups is 1. The lowest BCUT2D eigenvalue weighted by Crippen LogP contribution is -2.41. The SMILES string of the molecule is CCNC(=NCC(C)(C)C(=O)NC)N(C)Cc1cccc(F)c1. The monoisotopic (exact) mass is 322 g/mol. The molecule has 0 heterocycles. The molecule has 0 bridgehead atoms. The fourth-order valence-corrected chi connectivity index (χ4v) is 2.14. The normalized spacial score (nSPS) is 12.0. The molecular weight excluding hydrogens is 295 g/mol. The van der Waals surface area contributed by atoms with Gasteiger partial charge in [-0.05, 0) is 38.5 Å². The van der Waals surface area contributed by atoms with Crippen molar-refractivity contribution in [2.45, 2.75) is 27.3 Å². The molecule has 23 heavy (non-hydrogen) atoms. The molecule has 0 saturated heterocycles. The molecule has 5 nitrogen and oxygen atoms in total. The van der Waals surface area contributed by atoms with Crippen molar-refractivity contribution in [1.29, 1.82) is 0 Å². The molecule has 0 aliphatic heterocycles. The van der Waals surface area contributed by atoms with Gasteiger partial charge in [0.15, 0.2) is 5.96 Å². The minimum atomic E-state index is -0.588. The summed E-state index contributed by atoms with van der Waals surface area (Å²) in [6.07, 6.45) is 0. The summed E-state index contributed by atoms with van der Waals surface area (Å²) in [7, 11) is 3.51. The van der Waals surface area contributed by atoms with E-state index in [1.54, 1.807) is 13.1 Å². The Bertz CT molecular complexity index is 557. The van der Waals surface area contributed by atoms with Crippen LogP contribution in [0.5, 0.6) is 0 Å². The van der Waals surface area contributed by atoms with Crippen LogP contribution in [0.1, 0.15) is 26.3 Å². The van der Waals surface area contributed by atoms with Gasteiger partial charge in [0.05, 0.1) is 12.0 Å². The van der Waals surface area contributed by atoms with Crippen molar-refractivity contribution < 1.29 is 9.18 Å². The van der Waals surface area contributed by atoms with Gasteiger partial charge >= 0.3 is 0 Å². The lowest BCUT2D eigenvalue weighted by Gasteiger charge is -2.25. The van der Waals surface area contributed by atoms with Gasteiger partial charge in [0.2, 0.25) is 5.91 Å². The zero-order valence-electron chi connectivity index (χ0n) is 14.6. The van der Waals surface area contributed by atoms with Gasteiger partial charge in [-0.15, -0.1) is 0 Å². The summed E-state index contributed by atoms with van der Waals surface area (Å²) in [5.41, 5.74) is 0.276. The van der Waals surface area contributed by atoms with Gasteiger partial charge in [-0.2, -0.15) is 0 Å². The Morgan fingerprint density at radius 3 is 2.65 bits per heavy atom. The first kappa shape index (κ1) is 18.9. The summed E-state index contributed by atoms with van der Waals surface area (Å²) in [4.78, 5) is 18.3. The van der Waals surface area contributed by atoms with E-state index in [2.05, 4.69) is 15.6 Å². The molecule has 0 fully saturated rings. The van der Waals surface area contributed by atoms with Crippen LogP contribution in [0.2, 0.25) is 0 Å².